The molecule has 0 amide bonds. The van der Waals surface area contributed by atoms with E-state index in [9.17, 15) is 4.39 Å². The molecule has 1 atom stereocenters. The average molecular weight is 207 g/mol. The zero-order chi connectivity index (χ0) is 11.0. The Hall–Kier alpha value is -1.45. The summed E-state index contributed by atoms with van der Waals surface area (Å²) in [5, 5.41) is 4.33. The number of hydrogen-bond donors (Lipinski definition) is 0. The van der Waals surface area contributed by atoms with Crippen LogP contribution < -0.4 is 0 Å². The minimum Gasteiger partial charge on any atom is -0.218 e. The lowest BCUT2D eigenvalue weighted by Gasteiger charge is -2.14. The highest BCUT2D eigenvalue weighted by Crippen LogP contribution is 2.21. The Morgan fingerprint density at radius 3 is 2.67 bits per heavy atom. The van der Waals surface area contributed by atoms with Crippen LogP contribution in [0.1, 0.15) is 32.4 Å². The smallest absolute Gasteiger partial charge is 0.218 e. The Labute approximate surface area is 87.9 Å². The van der Waals surface area contributed by atoms with Crippen molar-refractivity contribution >= 4 is 5.65 Å². The highest BCUT2D eigenvalue weighted by Gasteiger charge is 2.12. The molecular formula is C11H14FN3. The van der Waals surface area contributed by atoms with E-state index < -0.39 is 5.95 Å². The third-order valence-corrected chi connectivity index (χ3v) is 2.78. The van der Waals surface area contributed by atoms with Crippen LogP contribution in [-0.2, 0) is 0 Å². The second kappa shape index (κ2) is 3.61. The molecule has 0 aromatic carbocycles. The number of rotatable bonds is 2. The van der Waals surface area contributed by atoms with Gasteiger partial charge in [-0.3, -0.25) is 0 Å². The van der Waals surface area contributed by atoms with Crippen molar-refractivity contribution in [1.82, 2.24) is 14.6 Å². The molecule has 0 N–H and O–H groups in total. The Kier molecular flexibility index (Phi) is 2.42. The summed E-state index contributed by atoms with van der Waals surface area (Å²) in [6, 6.07) is 3.71. The highest BCUT2D eigenvalue weighted by molar-refractivity contribution is 5.37. The molecule has 2 aromatic heterocycles. The standard InChI is InChI=1S/C11H14FN3/c1-7(2)8(3)9-4-5-11-13-10(12)6-15(11)14-9/h4-8H,1-3H3. The summed E-state index contributed by atoms with van der Waals surface area (Å²) in [7, 11) is 0. The van der Waals surface area contributed by atoms with E-state index in [4.69, 9.17) is 0 Å². The summed E-state index contributed by atoms with van der Waals surface area (Å²) in [6.07, 6.45) is 1.30. The Balaban J connectivity index is 2.46. The second-order valence-electron chi connectivity index (χ2n) is 4.16. The zero-order valence-corrected chi connectivity index (χ0v) is 9.11. The van der Waals surface area contributed by atoms with Crippen molar-refractivity contribution in [1.29, 1.82) is 0 Å². The van der Waals surface area contributed by atoms with Crippen LogP contribution in [0.5, 0.6) is 0 Å². The van der Waals surface area contributed by atoms with E-state index >= 15 is 0 Å². The topological polar surface area (TPSA) is 30.2 Å². The molecule has 1 unspecified atom stereocenters. The third-order valence-electron chi connectivity index (χ3n) is 2.78. The molecule has 0 spiro atoms. The molecule has 4 heteroatoms. The van der Waals surface area contributed by atoms with Gasteiger partial charge in [0, 0.05) is 5.92 Å². The van der Waals surface area contributed by atoms with Crippen LogP contribution in [0.25, 0.3) is 5.65 Å². The van der Waals surface area contributed by atoms with Gasteiger partial charge < -0.3 is 0 Å². The first-order chi connectivity index (χ1) is 7.08. The molecule has 0 aliphatic carbocycles. The van der Waals surface area contributed by atoms with E-state index in [1.807, 2.05) is 6.07 Å². The van der Waals surface area contributed by atoms with Gasteiger partial charge in [0.15, 0.2) is 5.65 Å². The van der Waals surface area contributed by atoms with E-state index in [-0.39, 0.29) is 0 Å². The lowest BCUT2D eigenvalue weighted by Crippen LogP contribution is -2.06. The third kappa shape index (κ3) is 1.84. The van der Waals surface area contributed by atoms with Crippen LogP contribution in [0, 0.1) is 11.9 Å². The average Bonchev–Trinajstić information content (AvgIpc) is 2.55. The lowest BCUT2D eigenvalue weighted by molar-refractivity contribution is 0.516. The van der Waals surface area contributed by atoms with Crippen LogP contribution >= 0.6 is 0 Å². The maximum absolute atomic E-state index is 12.8. The van der Waals surface area contributed by atoms with Gasteiger partial charge in [-0.15, -0.1) is 0 Å². The second-order valence-corrected chi connectivity index (χ2v) is 4.16. The summed E-state index contributed by atoms with van der Waals surface area (Å²) in [4.78, 5) is 3.69. The molecular weight excluding hydrogens is 193 g/mol. The van der Waals surface area contributed by atoms with Crippen LogP contribution in [0.4, 0.5) is 4.39 Å². The Bertz CT molecular complexity index is 476. The van der Waals surface area contributed by atoms with Crippen molar-refractivity contribution < 1.29 is 4.39 Å². The molecule has 0 fully saturated rings. The number of halogens is 1. The normalized spacial score (nSPS) is 13.7. The molecule has 0 aliphatic heterocycles. The minimum atomic E-state index is -0.489. The van der Waals surface area contributed by atoms with E-state index in [2.05, 4.69) is 30.9 Å². The molecule has 0 bridgehead atoms. The van der Waals surface area contributed by atoms with Crippen molar-refractivity contribution in [3.63, 3.8) is 0 Å². The van der Waals surface area contributed by atoms with E-state index in [1.54, 1.807) is 6.07 Å². The number of aromatic nitrogens is 3. The van der Waals surface area contributed by atoms with Crippen molar-refractivity contribution in [3.05, 3.63) is 30.0 Å². The predicted octanol–water partition coefficient (Wildman–Crippen LogP) is 2.63. The van der Waals surface area contributed by atoms with Gasteiger partial charge in [0.2, 0.25) is 5.95 Å². The van der Waals surface area contributed by atoms with Crippen LogP contribution in [0.2, 0.25) is 0 Å². The van der Waals surface area contributed by atoms with Gasteiger partial charge in [-0.25, -0.2) is 4.52 Å². The lowest BCUT2D eigenvalue weighted by atomic mass is 9.95. The molecule has 3 nitrogen and oxygen atoms in total. The zero-order valence-electron chi connectivity index (χ0n) is 9.11. The molecule has 15 heavy (non-hydrogen) atoms. The SMILES string of the molecule is CC(C)C(C)c1ccc2nc(F)cn2n1. The maximum Gasteiger partial charge on any atom is 0.233 e. The van der Waals surface area contributed by atoms with Crippen molar-refractivity contribution in [2.75, 3.05) is 0 Å². The first-order valence-electron chi connectivity index (χ1n) is 5.10. The molecule has 80 valence electrons. The molecule has 0 saturated heterocycles. The quantitative estimate of drug-likeness (QED) is 0.757. The highest BCUT2D eigenvalue weighted by atomic mass is 19.1. The summed E-state index contributed by atoms with van der Waals surface area (Å²) in [6.45, 7) is 6.40. The Morgan fingerprint density at radius 2 is 2.00 bits per heavy atom. The number of hydrogen-bond acceptors (Lipinski definition) is 2. The van der Waals surface area contributed by atoms with Gasteiger partial charge in [-0.2, -0.15) is 14.5 Å². The van der Waals surface area contributed by atoms with E-state index in [0.29, 0.717) is 17.5 Å². The minimum absolute atomic E-state index is 0.361. The van der Waals surface area contributed by atoms with Crippen molar-refractivity contribution in [2.24, 2.45) is 5.92 Å². The van der Waals surface area contributed by atoms with Gasteiger partial charge in [0.25, 0.3) is 0 Å². The molecule has 0 radical (unpaired) electrons. The Morgan fingerprint density at radius 1 is 1.27 bits per heavy atom. The molecule has 0 saturated carbocycles. The van der Waals surface area contributed by atoms with Gasteiger partial charge >= 0.3 is 0 Å². The van der Waals surface area contributed by atoms with E-state index in [0.717, 1.165) is 5.69 Å². The van der Waals surface area contributed by atoms with Gasteiger partial charge in [0.1, 0.15) is 0 Å². The molecule has 0 aliphatic rings. The molecule has 2 heterocycles. The number of nitrogens with zero attached hydrogens (tertiary/aromatic N) is 3. The van der Waals surface area contributed by atoms with Crippen molar-refractivity contribution in [2.45, 2.75) is 26.7 Å². The first-order valence-corrected chi connectivity index (χ1v) is 5.10. The summed E-state index contributed by atoms with van der Waals surface area (Å²) in [5.41, 5.74) is 1.52. The summed E-state index contributed by atoms with van der Waals surface area (Å²) >= 11 is 0. The van der Waals surface area contributed by atoms with Crippen LogP contribution in [0.15, 0.2) is 18.3 Å². The van der Waals surface area contributed by atoms with Crippen molar-refractivity contribution in [3.8, 4) is 0 Å². The first kappa shape index (κ1) is 10.1. The van der Waals surface area contributed by atoms with Crippen LogP contribution in [0.3, 0.4) is 0 Å². The predicted molar refractivity (Wildman–Crippen MR) is 56.2 cm³/mol. The fourth-order valence-electron chi connectivity index (χ4n) is 1.45. The number of imidazole rings is 1. The maximum atomic E-state index is 12.8. The largest absolute Gasteiger partial charge is 0.233 e. The summed E-state index contributed by atoms with van der Waals surface area (Å²) < 4.78 is 14.3. The fourth-order valence-corrected chi connectivity index (χ4v) is 1.45. The van der Waals surface area contributed by atoms with E-state index in [1.165, 1.54) is 10.7 Å². The number of fused-ring (bicyclic) bond motifs is 1. The van der Waals surface area contributed by atoms with Gasteiger partial charge in [-0.05, 0) is 18.1 Å². The van der Waals surface area contributed by atoms with Gasteiger partial charge in [-0.1, -0.05) is 20.8 Å². The van der Waals surface area contributed by atoms with Gasteiger partial charge in [0.05, 0.1) is 11.9 Å². The fraction of sp³-hybridized carbons (Fsp3) is 0.455. The van der Waals surface area contributed by atoms with Crippen LogP contribution in [-0.4, -0.2) is 14.6 Å². The summed E-state index contributed by atoms with van der Waals surface area (Å²) in [5.74, 6) is 0.389. The molecule has 2 aromatic rings. The monoisotopic (exact) mass is 207 g/mol. The molecule has 2 rings (SSSR count).